The number of hydrazine groups is 1. The van der Waals surface area contributed by atoms with Crippen LogP contribution in [0.2, 0.25) is 0 Å². The Morgan fingerprint density at radius 2 is 1.69 bits per heavy atom. The molecule has 10 nitrogen and oxygen atoms in total. The third kappa shape index (κ3) is 6.58. The zero-order valence-electron chi connectivity index (χ0n) is 24.0. The van der Waals surface area contributed by atoms with Crippen LogP contribution in [0.1, 0.15) is 42.6 Å². The number of rotatable bonds is 8. The molecule has 3 aromatic rings. The van der Waals surface area contributed by atoms with Crippen LogP contribution in [0.25, 0.3) is 22.5 Å². The summed E-state index contributed by atoms with van der Waals surface area (Å²) in [7, 11) is 0. The highest BCUT2D eigenvalue weighted by Gasteiger charge is 2.35. The molecule has 0 atom stereocenters. The standard InChI is InChI=1S/C30H37N7O3.2ClH/c1-20(2)36-14-16-37(17-15-36)34-30(39)31-24-7-5-6-23-25(24)29(38)26-27(32-33-28(23)26)21-8-10-22(11-9-21)40-19-18-35-12-3-4-13-35;;/h5-11,20H,3-4,12-19H2,1-2H3,(H,32,33)(H2,31,34,39);2*1H. The smallest absolute Gasteiger partial charge is 0.333 e. The minimum Gasteiger partial charge on any atom is -0.492 e. The maximum Gasteiger partial charge on any atom is 0.333 e. The van der Waals surface area contributed by atoms with Gasteiger partial charge in [-0.05, 0) is 70.1 Å². The Morgan fingerprint density at radius 3 is 2.38 bits per heavy atom. The van der Waals surface area contributed by atoms with E-state index in [0.717, 1.165) is 62.7 Å². The molecule has 1 aromatic heterocycles. The Bertz CT molecular complexity index is 1380. The van der Waals surface area contributed by atoms with E-state index >= 15 is 0 Å². The molecule has 3 aliphatic rings. The molecule has 0 saturated carbocycles. The molecule has 2 aliphatic heterocycles. The second kappa shape index (κ2) is 13.9. The number of hydrogen-bond acceptors (Lipinski definition) is 7. The van der Waals surface area contributed by atoms with Crippen LogP contribution < -0.4 is 15.5 Å². The average Bonchev–Trinajstić information content (AvgIpc) is 3.69. The quantitative estimate of drug-likeness (QED) is 0.264. The Balaban J connectivity index is 0.00000202. The van der Waals surface area contributed by atoms with E-state index in [1.54, 1.807) is 6.07 Å². The van der Waals surface area contributed by atoms with Gasteiger partial charge in [-0.1, -0.05) is 12.1 Å². The van der Waals surface area contributed by atoms with Crippen molar-refractivity contribution in [2.45, 2.75) is 32.7 Å². The van der Waals surface area contributed by atoms with E-state index in [2.05, 4.69) is 44.6 Å². The molecule has 6 rings (SSSR count). The lowest BCUT2D eigenvalue weighted by Gasteiger charge is -2.36. The summed E-state index contributed by atoms with van der Waals surface area (Å²) >= 11 is 0. The zero-order valence-corrected chi connectivity index (χ0v) is 25.7. The number of likely N-dealkylation sites (tertiary alicyclic amines) is 1. The number of hydrogen-bond donors (Lipinski definition) is 3. The highest BCUT2D eigenvalue weighted by Crippen LogP contribution is 2.43. The lowest BCUT2D eigenvalue weighted by molar-refractivity contribution is 0.0831. The van der Waals surface area contributed by atoms with Gasteiger partial charge in [0, 0.05) is 49.9 Å². The second-order valence-corrected chi connectivity index (χ2v) is 11.0. The minimum absolute atomic E-state index is 0. The number of amides is 2. The SMILES string of the molecule is CC(C)N1CCN(NC(=O)Nc2cccc3c2C(=O)c2c(-c4ccc(OCCN5CCCC5)cc4)n[nH]c2-3)CC1.Cl.Cl. The molecular formula is C30H39Cl2N7O3. The molecule has 226 valence electrons. The zero-order chi connectivity index (χ0) is 27.6. The molecule has 2 fully saturated rings. The van der Waals surface area contributed by atoms with Crippen molar-refractivity contribution in [3.63, 3.8) is 0 Å². The largest absolute Gasteiger partial charge is 0.492 e. The predicted molar refractivity (Wildman–Crippen MR) is 169 cm³/mol. The van der Waals surface area contributed by atoms with Crippen LogP contribution in [-0.4, -0.2) is 95.3 Å². The second-order valence-electron chi connectivity index (χ2n) is 11.0. The van der Waals surface area contributed by atoms with Gasteiger partial charge in [0.1, 0.15) is 18.1 Å². The molecule has 0 bridgehead atoms. The Labute approximate surface area is 258 Å². The first-order chi connectivity index (χ1) is 19.5. The molecule has 2 aromatic carbocycles. The fraction of sp³-hybridized carbons (Fsp3) is 0.433. The number of carbonyl (C=O) groups excluding carboxylic acids is 2. The maximum atomic E-state index is 13.7. The van der Waals surface area contributed by atoms with Gasteiger partial charge in [0.25, 0.3) is 0 Å². The van der Waals surface area contributed by atoms with Crippen molar-refractivity contribution < 1.29 is 14.3 Å². The number of nitrogens with zero attached hydrogens (tertiary/aromatic N) is 4. The van der Waals surface area contributed by atoms with Crippen LogP contribution in [0.5, 0.6) is 5.75 Å². The molecule has 0 unspecified atom stereocenters. The molecule has 42 heavy (non-hydrogen) atoms. The van der Waals surface area contributed by atoms with Gasteiger partial charge in [-0.2, -0.15) is 5.10 Å². The van der Waals surface area contributed by atoms with Gasteiger partial charge in [0.05, 0.1) is 22.5 Å². The molecule has 2 amide bonds. The fourth-order valence-corrected chi connectivity index (χ4v) is 5.85. The van der Waals surface area contributed by atoms with Gasteiger partial charge in [-0.25, -0.2) is 9.80 Å². The lowest BCUT2D eigenvalue weighted by atomic mass is 10.0. The van der Waals surface area contributed by atoms with Crippen LogP contribution in [0.15, 0.2) is 42.5 Å². The summed E-state index contributed by atoms with van der Waals surface area (Å²) in [5.41, 5.74) is 7.26. The van der Waals surface area contributed by atoms with E-state index in [-0.39, 0.29) is 36.6 Å². The normalized spacial score (nSPS) is 16.9. The number of piperazine rings is 1. The summed E-state index contributed by atoms with van der Waals surface area (Å²) in [5.74, 6) is 0.647. The van der Waals surface area contributed by atoms with Gasteiger partial charge in [-0.3, -0.25) is 25.1 Å². The number of ether oxygens (including phenoxy) is 1. The summed E-state index contributed by atoms with van der Waals surface area (Å²) in [6.45, 7) is 11.5. The number of nitrogens with one attached hydrogen (secondary N) is 3. The number of H-pyrrole nitrogens is 1. The molecule has 3 heterocycles. The summed E-state index contributed by atoms with van der Waals surface area (Å²) < 4.78 is 5.94. The van der Waals surface area contributed by atoms with Crippen molar-refractivity contribution in [3.8, 4) is 28.3 Å². The molecule has 0 radical (unpaired) electrons. The number of aromatic amines is 1. The van der Waals surface area contributed by atoms with Gasteiger partial charge < -0.3 is 10.1 Å². The first-order valence-corrected chi connectivity index (χ1v) is 14.3. The Kier molecular flexibility index (Phi) is 10.5. The van der Waals surface area contributed by atoms with Crippen LogP contribution in [-0.2, 0) is 0 Å². The number of benzene rings is 2. The van der Waals surface area contributed by atoms with E-state index < -0.39 is 0 Å². The van der Waals surface area contributed by atoms with E-state index in [9.17, 15) is 9.59 Å². The monoisotopic (exact) mass is 615 g/mol. The van der Waals surface area contributed by atoms with Crippen LogP contribution >= 0.6 is 24.8 Å². The predicted octanol–water partition coefficient (Wildman–Crippen LogP) is 4.67. The lowest BCUT2D eigenvalue weighted by Crippen LogP contribution is -2.55. The summed E-state index contributed by atoms with van der Waals surface area (Å²) in [6, 6.07) is 13.3. The summed E-state index contributed by atoms with van der Waals surface area (Å²) in [4.78, 5) is 31.4. The topological polar surface area (TPSA) is 106 Å². The maximum absolute atomic E-state index is 13.7. The molecule has 1 aliphatic carbocycles. The number of urea groups is 1. The Hall–Kier alpha value is -3.15. The highest BCUT2D eigenvalue weighted by molar-refractivity contribution is 6.26. The van der Waals surface area contributed by atoms with Crippen molar-refractivity contribution in [1.29, 1.82) is 0 Å². The summed E-state index contributed by atoms with van der Waals surface area (Å²) in [5, 5.41) is 12.4. The minimum atomic E-state index is -0.353. The molecular weight excluding hydrogens is 577 g/mol. The van der Waals surface area contributed by atoms with Crippen molar-refractivity contribution >= 4 is 42.3 Å². The number of anilines is 1. The van der Waals surface area contributed by atoms with Crippen LogP contribution in [0, 0.1) is 0 Å². The van der Waals surface area contributed by atoms with Crippen molar-refractivity contribution in [2.75, 3.05) is 57.7 Å². The number of ketones is 1. The van der Waals surface area contributed by atoms with E-state index in [1.165, 1.54) is 12.8 Å². The fourth-order valence-electron chi connectivity index (χ4n) is 5.85. The third-order valence-electron chi connectivity index (χ3n) is 8.11. The van der Waals surface area contributed by atoms with Gasteiger partial charge in [-0.15, -0.1) is 24.8 Å². The van der Waals surface area contributed by atoms with Crippen LogP contribution in [0.4, 0.5) is 10.5 Å². The van der Waals surface area contributed by atoms with E-state index in [0.29, 0.717) is 40.9 Å². The number of fused-ring (bicyclic) bond motifs is 3. The highest BCUT2D eigenvalue weighted by atomic mass is 35.5. The molecule has 2 saturated heterocycles. The van der Waals surface area contributed by atoms with Crippen molar-refractivity contribution in [2.24, 2.45) is 0 Å². The van der Waals surface area contributed by atoms with E-state index in [1.807, 2.05) is 41.4 Å². The Morgan fingerprint density at radius 1 is 0.976 bits per heavy atom. The van der Waals surface area contributed by atoms with Gasteiger partial charge in [0.15, 0.2) is 5.78 Å². The average molecular weight is 617 g/mol. The molecule has 3 N–H and O–H groups in total. The third-order valence-corrected chi connectivity index (χ3v) is 8.11. The van der Waals surface area contributed by atoms with Gasteiger partial charge in [0.2, 0.25) is 0 Å². The number of carbonyl (C=O) groups is 2. The first kappa shape index (κ1) is 31.8. The summed E-state index contributed by atoms with van der Waals surface area (Å²) in [6.07, 6.45) is 2.54. The van der Waals surface area contributed by atoms with Gasteiger partial charge >= 0.3 is 6.03 Å². The van der Waals surface area contributed by atoms with E-state index in [4.69, 9.17) is 4.74 Å². The van der Waals surface area contributed by atoms with Crippen molar-refractivity contribution in [1.82, 2.24) is 30.4 Å². The van der Waals surface area contributed by atoms with Crippen LogP contribution in [0.3, 0.4) is 0 Å². The van der Waals surface area contributed by atoms with Crippen molar-refractivity contribution in [3.05, 3.63) is 53.6 Å². The number of aromatic nitrogens is 2. The number of halogens is 2. The first-order valence-electron chi connectivity index (χ1n) is 14.3. The molecule has 0 spiro atoms. The molecule has 12 heteroatoms.